The monoisotopic (exact) mass is 326 g/mol. The lowest BCUT2D eigenvalue weighted by Crippen LogP contribution is -2.31. The van der Waals surface area contributed by atoms with Gasteiger partial charge in [-0.15, -0.1) is 0 Å². The molecule has 7 heteroatoms. The second-order valence-corrected chi connectivity index (χ2v) is 4.36. The largest absolute Gasteiger partial charge is 0.478 e. The molecule has 1 atom stereocenters. The minimum absolute atomic E-state index is 0.0522. The zero-order valence-electron chi connectivity index (χ0n) is 8.75. The van der Waals surface area contributed by atoms with Crippen LogP contribution in [0, 0.1) is 5.82 Å². The number of carbonyl (C=O) groups is 1. The van der Waals surface area contributed by atoms with Crippen molar-refractivity contribution in [3.05, 3.63) is 27.4 Å². The van der Waals surface area contributed by atoms with Gasteiger partial charge >= 0.3 is 5.97 Å². The van der Waals surface area contributed by atoms with Gasteiger partial charge in [-0.3, -0.25) is 0 Å². The van der Waals surface area contributed by atoms with Gasteiger partial charge in [0.15, 0.2) is 0 Å². The molecule has 0 saturated heterocycles. The highest BCUT2D eigenvalue weighted by Gasteiger charge is 2.21. The van der Waals surface area contributed by atoms with E-state index in [0.717, 1.165) is 6.07 Å². The zero-order valence-corrected chi connectivity index (χ0v) is 11.1. The van der Waals surface area contributed by atoms with Crippen LogP contribution in [0.15, 0.2) is 16.6 Å². The first-order valence-electron chi connectivity index (χ1n) is 4.48. The number of carboxylic acid groups (broad SMARTS) is 1. The van der Waals surface area contributed by atoms with Gasteiger partial charge in [-0.2, -0.15) is 0 Å². The van der Waals surface area contributed by atoms with Gasteiger partial charge in [-0.05, 0) is 22.0 Å². The number of rotatable bonds is 5. The standard InChI is InChI=1S/C10H9BrClFO4/c1-16-4-9(10(14)15)17-8-3-7(13)6(12)2-5(8)11/h2-3,9H,4H2,1H3,(H,14,15). The Labute approximate surface area is 110 Å². The SMILES string of the molecule is COCC(Oc1cc(F)c(Cl)cc1Br)C(=O)O. The molecule has 0 aliphatic heterocycles. The summed E-state index contributed by atoms with van der Waals surface area (Å²) >= 11 is 8.64. The third kappa shape index (κ3) is 3.83. The highest BCUT2D eigenvalue weighted by molar-refractivity contribution is 9.10. The molecular weight excluding hydrogens is 318 g/mol. The van der Waals surface area contributed by atoms with Gasteiger partial charge in [0.2, 0.25) is 6.10 Å². The highest BCUT2D eigenvalue weighted by Crippen LogP contribution is 2.31. The Morgan fingerprint density at radius 2 is 2.29 bits per heavy atom. The maximum atomic E-state index is 13.2. The molecule has 0 bridgehead atoms. The predicted octanol–water partition coefficient (Wildman–Crippen LogP) is 2.72. The molecule has 0 amide bonds. The van der Waals surface area contributed by atoms with Crippen LogP contribution in [0.5, 0.6) is 5.75 Å². The first-order chi connectivity index (χ1) is 7.95. The average Bonchev–Trinajstić information content (AvgIpc) is 2.24. The highest BCUT2D eigenvalue weighted by atomic mass is 79.9. The smallest absolute Gasteiger partial charge is 0.347 e. The quantitative estimate of drug-likeness (QED) is 0.845. The van der Waals surface area contributed by atoms with E-state index in [1.165, 1.54) is 13.2 Å². The third-order valence-electron chi connectivity index (χ3n) is 1.84. The van der Waals surface area contributed by atoms with Crippen molar-refractivity contribution in [3.63, 3.8) is 0 Å². The molecule has 0 aliphatic carbocycles. The topological polar surface area (TPSA) is 55.8 Å². The molecule has 4 nitrogen and oxygen atoms in total. The summed E-state index contributed by atoms with van der Waals surface area (Å²) in [6, 6.07) is 2.30. The predicted molar refractivity (Wildman–Crippen MR) is 63.0 cm³/mol. The molecule has 0 heterocycles. The molecule has 17 heavy (non-hydrogen) atoms. The number of benzene rings is 1. The second-order valence-electron chi connectivity index (χ2n) is 3.10. The Balaban J connectivity index is 2.93. The molecule has 0 spiro atoms. The van der Waals surface area contributed by atoms with Crippen molar-refractivity contribution in [2.45, 2.75) is 6.10 Å². The van der Waals surface area contributed by atoms with Crippen LogP contribution < -0.4 is 4.74 Å². The molecule has 1 aromatic rings. The molecule has 1 N–H and O–H groups in total. The molecule has 0 radical (unpaired) electrons. The normalized spacial score (nSPS) is 12.2. The van der Waals surface area contributed by atoms with Crippen LogP contribution in [0.1, 0.15) is 0 Å². The van der Waals surface area contributed by atoms with Crippen molar-refractivity contribution >= 4 is 33.5 Å². The number of carboxylic acids is 1. The summed E-state index contributed by atoms with van der Waals surface area (Å²) in [4.78, 5) is 10.8. The number of ether oxygens (including phenoxy) is 2. The van der Waals surface area contributed by atoms with Gasteiger partial charge in [0.25, 0.3) is 0 Å². The summed E-state index contributed by atoms with van der Waals surface area (Å²) < 4.78 is 23.4. The van der Waals surface area contributed by atoms with Crippen molar-refractivity contribution in [1.29, 1.82) is 0 Å². The number of hydrogen-bond acceptors (Lipinski definition) is 3. The summed E-state index contributed by atoms with van der Waals surface area (Å²) in [5, 5.41) is 8.76. The van der Waals surface area contributed by atoms with E-state index in [1.807, 2.05) is 0 Å². The zero-order chi connectivity index (χ0) is 13.0. The Kier molecular flexibility index (Phi) is 5.17. The molecule has 1 aromatic carbocycles. The molecule has 0 aliphatic rings. The Morgan fingerprint density at radius 3 is 2.82 bits per heavy atom. The number of hydrogen-bond donors (Lipinski definition) is 1. The lowest BCUT2D eigenvalue weighted by Gasteiger charge is -2.15. The van der Waals surface area contributed by atoms with E-state index < -0.39 is 17.9 Å². The van der Waals surface area contributed by atoms with Gasteiger partial charge in [-0.25, -0.2) is 9.18 Å². The summed E-state index contributed by atoms with van der Waals surface area (Å²) in [6.07, 6.45) is -1.21. The summed E-state index contributed by atoms with van der Waals surface area (Å²) in [5.74, 6) is -1.84. The van der Waals surface area contributed by atoms with Crippen LogP contribution in [0.2, 0.25) is 5.02 Å². The molecule has 94 valence electrons. The van der Waals surface area contributed by atoms with Gasteiger partial charge in [0.05, 0.1) is 16.1 Å². The first-order valence-corrected chi connectivity index (χ1v) is 5.65. The van der Waals surface area contributed by atoms with E-state index in [-0.39, 0.29) is 17.4 Å². The van der Waals surface area contributed by atoms with E-state index in [2.05, 4.69) is 15.9 Å². The molecule has 0 aromatic heterocycles. The van der Waals surface area contributed by atoms with Crippen molar-refractivity contribution < 1.29 is 23.8 Å². The number of aliphatic carboxylic acids is 1. The van der Waals surface area contributed by atoms with Crippen LogP contribution in [0.4, 0.5) is 4.39 Å². The van der Waals surface area contributed by atoms with E-state index >= 15 is 0 Å². The van der Waals surface area contributed by atoms with Crippen LogP contribution in [-0.4, -0.2) is 30.9 Å². The summed E-state index contributed by atoms with van der Waals surface area (Å²) in [7, 11) is 1.34. The van der Waals surface area contributed by atoms with Crippen LogP contribution >= 0.6 is 27.5 Å². The summed E-state index contributed by atoms with van der Waals surface area (Å²) in [5.41, 5.74) is 0. The number of halogens is 3. The van der Waals surface area contributed by atoms with Crippen molar-refractivity contribution in [2.75, 3.05) is 13.7 Å². The first kappa shape index (κ1) is 14.2. The minimum atomic E-state index is -1.21. The van der Waals surface area contributed by atoms with Crippen LogP contribution in [0.25, 0.3) is 0 Å². The van der Waals surface area contributed by atoms with Gasteiger partial charge < -0.3 is 14.6 Å². The fraction of sp³-hybridized carbons (Fsp3) is 0.300. The lowest BCUT2D eigenvalue weighted by atomic mass is 10.3. The van der Waals surface area contributed by atoms with Gasteiger partial charge in [-0.1, -0.05) is 11.6 Å². The van der Waals surface area contributed by atoms with E-state index in [1.54, 1.807) is 0 Å². The Bertz CT molecular complexity index is 427. The lowest BCUT2D eigenvalue weighted by molar-refractivity contribution is -0.147. The van der Waals surface area contributed by atoms with Crippen molar-refractivity contribution in [3.8, 4) is 5.75 Å². The van der Waals surface area contributed by atoms with Crippen molar-refractivity contribution in [1.82, 2.24) is 0 Å². The average molecular weight is 328 g/mol. The van der Waals surface area contributed by atoms with E-state index in [4.69, 9.17) is 26.2 Å². The molecule has 1 unspecified atom stereocenters. The van der Waals surface area contributed by atoms with Crippen LogP contribution in [-0.2, 0) is 9.53 Å². The van der Waals surface area contributed by atoms with E-state index in [0.29, 0.717) is 4.47 Å². The van der Waals surface area contributed by atoms with Gasteiger partial charge in [0, 0.05) is 13.2 Å². The van der Waals surface area contributed by atoms with Crippen LogP contribution in [0.3, 0.4) is 0 Å². The maximum Gasteiger partial charge on any atom is 0.347 e. The fourth-order valence-corrected chi connectivity index (χ4v) is 1.79. The number of methoxy groups -OCH3 is 1. The summed E-state index contributed by atoms with van der Waals surface area (Å²) in [6.45, 7) is -0.147. The molecule has 0 fully saturated rings. The Hall–Kier alpha value is -0.850. The van der Waals surface area contributed by atoms with Gasteiger partial charge in [0.1, 0.15) is 11.6 Å². The molecule has 1 rings (SSSR count). The third-order valence-corrected chi connectivity index (χ3v) is 2.75. The minimum Gasteiger partial charge on any atom is -0.478 e. The van der Waals surface area contributed by atoms with E-state index in [9.17, 15) is 9.18 Å². The van der Waals surface area contributed by atoms with Crippen molar-refractivity contribution in [2.24, 2.45) is 0 Å². The second kappa shape index (κ2) is 6.18. The fourth-order valence-electron chi connectivity index (χ4n) is 1.05. The molecule has 0 saturated carbocycles. The Morgan fingerprint density at radius 1 is 1.65 bits per heavy atom. The molecular formula is C10H9BrClFO4. The maximum absolute atomic E-state index is 13.2.